The molecular weight excluding hydrogens is 494 g/mol. The molecule has 3 atom stereocenters. The van der Waals surface area contributed by atoms with Crippen LogP contribution in [-0.4, -0.2) is 70.9 Å². The number of aryl methyl sites for hydroxylation is 2. The van der Waals surface area contributed by atoms with Crippen molar-refractivity contribution in [2.45, 2.75) is 57.5 Å². The maximum Gasteiger partial charge on any atom is 0.263 e. The number of carbonyl (C=O) groups excluding carboxylic acids is 3. The van der Waals surface area contributed by atoms with E-state index < -0.39 is 11.5 Å². The lowest BCUT2D eigenvalue weighted by Crippen LogP contribution is -2.56. The zero-order valence-electron chi connectivity index (χ0n) is 23.0. The van der Waals surface area contributed by atoms with Crippen molar-refractivity contribution in [2.24, 2.45) is 13.0 Å². The Morgan fingerprint density at radius 1 is 1.00 bits per heavy atom. The molecule has 0 radical (unpaired) electrons. The van der Waals surface area contributed by atoms with Crippen LogP contribution in [-0.2, 0) is 22.2 Å². The summed E-state index contributed by atoms with van der Waals surface area (Å²) in [6.07, 6.45) is 3.87. The highest BCUT2D eigenvalue weighted by Gasteiger charge is 2.67. The van der Waals surface area contributed by atoms with Crippen molar-refractivity contribution in [3.63, 3.8) is 0 Å². The van der Waals surface area contributed by atoms with Gasteiger partial charge >= 0.3 is 0 Å². The first-order chi connectivity index (χ1) is 18.8. The van der Waals surface area contributed by atoms with Crippen molar-refractivity contribution in [3.8, 4) is 0 Å². The number of nitrogens with zero attached hydrogens (tertiary/aromatic N) is 4. The molecule has 3 saturated heterocycles. The lowest BCUT2D eigenvalue weighted by atomic mass is 9.78. The van der Waals surface area contributed by atoms with Gasteiger partial charge in [0, 0.05) is 56.2 Å². The molecule has 9 heteroatoms. The van der Waals surface area contributed by atoms with Crippen LogP contribution >= 0.6 is 0 Å². The van der Waals surface area contributed by atoms with Gasteiger partial charge in [0.05, 0.1) is 5.92 Å². The van der Waals surface area contributed by atoms with E-state index in [4.69, 9.17) is 0 Å². The maximum absolute atomic E-state index is 14.4. The molecule has 0 unspecified atom stereocenters. The van der Waals surface area contributed by atoms with Crippen molar-refractivity contribution < 1.29 is 14.4 Å². The number of nitrogens with one attached hydrogen (secondary N) is 1. The molecule has 1 aromatic heterocycles. The van der Waals surface area contributed by atoms with E-state index >= 15 is 0 Å². The minimum atomic E-state index is -0.962. The summed E-state index contributed by atoms with van der Waals surface area (Å²) in [7, 11) is 1.68. The predicted octanol–water partition coefficient (Wildman–Crippen LogP) is 2.08. The van der Waals surface area contributed by atoms with Crippen molar-refractivity contribution in [3.05, 3.63) is 63.1 Å². The highest BCUT2D eigenvalue weighted by molar-refractivity contribution is 6.11. The molecule has 1 spiro atoms. The van der Waals surface area contributed by atoms with Crippen LogP contribution in [0, 0.1) is 19.8 Å². The van der Waals surface area contributed by atoms with Crippen molar-refractivity contribution in [1.29, 1.82) is 0 Å². The van der Waals surface area contributed by atoms with E-state index in [-0.39, 0.29) is 34.9 Å². The van der Waals surface area contributed by atoms with Crippen LogP contribution in [0.5, 0.6) is 0 Å². The van der Waals surface area contributed by atoms with Crippen molar-refractivity contribution in [2.75, 3.05) is 37.6 Å². The lowest BCUT2D eigenvalue weighted by Gasteiger charge is -2.37. The summed E-state index contributed by atoms with van der Waals surface area (Å²) in [5.74, 6) is -0.850. The summed E-state index contributed by atoms with van der Waals surface area (Å²) in [6.45, 7) is 6.15. The molecule has 4 aliphatic rings. The second kappa shape index (κ2) is 9.62. The quantitative estimate of drug-likeness (QED) is 0.608. The molecule has 3 fully saturated rings. The molecule has 4 aliphatic heterocycles. The average Bonchev–Trinajstić information content (AvgIpc) is 3.57. The predicted molar refractivity (Wildman–Crippen MR) is 148 cm³/mol. The first-order valence-corrected chi connectivity index (χ1v) is 14.2. The number of rotatable bonds is 1. The maximum atomic E-state index is 14.4. The second-order valence-corrected chi connectivity index (χ2v) is 11.5. The van der Waals surface area contributed by atoms with E-state index in [1.54, 1.807) is 18.9 Å². The molecule has 2 aromatic rings. The van der Waals surface area contributed by atoms with Crippen LogP contribution in [0.1, 0.15) is 59.3 Å². The van der Waals surface area contributed by atoms with Gasteiger partial charge in [-0.1, -0.05) is 18.2 Å². The summed E-state index contributed by atoms with van der Waals surface area (Å²) in [5, 5.41) is 3.11. The molecule has 39 heavy (non-hydrogen) atoms. The van der Waals surface area contributed by atoms with Gasteiger partial charge in [-0.05, 0) is 70.2 Å². The van der Waals surface area contributed by atoms with Gasteiger partial charge in [0.1, 0.15) is 11.1 Å². The smallest absolute Gasteiger partial charge is 0.263 e. The van der Waals surface area contributed by atoms with E-state index in [1.807, 2.05) is 42.2 Å². The monoisotopic (exact) mass is 531 g/mol. The Morgan fingerprint density at radius 2 is 1.77 bits per heavy atom. The Morgan fingerprint density at radius 3 is 2.59 bits per heavy atom. The standard InChI is InChI=1S/C30H37N5O4/c1-19-17-20(2)32(3)27(37)25(19)28(38)33-13-7-12-31-26(36)23-18-21-9-6-16-35(21)30(23)22-10-4-5-11-24(22)34(29(30)39)15-8-14-33/h4-5,10-11,17,21,23H,6-9,12-16,18H2,1-3H3,(H,31,36)/t21-,23+,30+/m0/s1. The number of aromatic nitrogens is 1. The van der Waals surface area contributed by atoms with Crippen LogP contribution in [0.3, 0.4) is 0 Å². The molecule has 1 N–H and O–H groups in total. The molecule has 1 aromatic carbocycles. The number of para-hydroxylation sites is 1. The SMILES string of the molecule is Cc1cc(C)n(C)c(=O)c1C(=O)N1CCCNC(=O)[C@H]2C[C@@H]3CCCN3[C@@]23C(=O)N(CCC1)c1ccccc13. The minimum Gasteiger partial charge on any atom is -0.356 e. The van der Waals surface area contributed by atoms with Gasteiger partial charge in [0.15, 0.2) is 0 Å². The van der Waals surface area contributed by atoms with Crippen LogP contribution in [0.4, 0.5) is 5.69 Å². The summed E-state index contributed by atoms with van der Waals surface area (Å²) in [4.78, 5) is 60.8. The third kappa shape index (κ3) is 3.77. The van der Waals surface area contributed by atoms with Gasteiger partial charge in [-0.25, -0.2) is 0 Å². The number of benzene rings is 1. The molecule has 3 amide bonds. The van der Waals surface area contributed by atoms with Crippen molar-refractivity contribution in [1.82, 2.24) is 19.7 Å². The van der Waals surface area contributed by atoms with Gasteiger partial charge in [0.2, 0.25) is 5.91 Å². The minimum absolute atomic E-state index is 0.0198. The number of fused-ring (bicyclic) bond motifs is 4. The van der Waals surface area contributed by atoms with Crippen LogP contribution in [0.15, 0.2) is 35.1 Å². The number of anilines is 1. The van der Waals surface area contributed by atoms with Crippen LogP contribution < -0.4 is 15.8 Å². The number of carbonyl (C=O) groups is 3. The van der Waals surface area contributed by atoms with Gasteiger partial charge in [-0.2, -0.15) is 0 Å². The highest BCUT2D eigenvalue weighted by atomic mass is 16.2. The third-order valence-corrected chi connectivity index (χ3v) is 9.42. The molecule has 6 rings (SSSR count). The zero-order chi connectivity index (χ0) is 27.5. The van der Waals surface area contributed by atoms with Gasteiger partial charge < -0.3 is 19.7 Å². The summed E-state index contributed by atoms with van der Waals surface area (Å²) in [5.41, 5.74) is 2.19. The fourth-order valence-electron chi connectivity index (χ4n) is 7.52. The Bertz CT molecular complexity index is 1420. The normalized spacial score (nSPS) is 27.3. The Labute approximate surface area is 228 Å². The molecular formula is C30H37N5O4. The highest BCUT2D eigenvalue weighted by Crippen LogP contribution is 2.57. The van der Waals surface area contributed by atoms with Crippen LogP contribution in [0.25, 0.3) is 0 Å². The molecule has 0 aliphatic carbocycles. The van der Waals surface area contributed by atoms with E-state index in [2.05, 4.69) is 10.2 Å². The fourth-order valence-corrected chi connectivity index (χ4v) is 7.52. The summed E-state index contributed by atoms with van der Waals surface area (Å²) in [6, 6.07) is 10.0. The first kappa shape index (κ1) is 25.8. The van der Waals surface area contributed by atoms with E-state index in [1.165, 1.54) is 4.57 Å². The number of hydrogen-bond acceptors (Lipinski definition) is 5. The number of pyridine rings is 1. The zero-order valence-corrected chi connectivity index (χ0v) is 23.0. The van der Waals surface area contributed by atoms with Gasteiger partial charge in [-0.15, -0.1) is 0 Å². The topological polar surface area (TPSA) is 95.0 Å². The number of amides is 3. The van der Waals surface area contributed by atoms with E-state index in [0.717, 1.165) is 36.3 Å². The van der Waals surface area contributed by atoms with Crippen molar-refractivity contribution >= 4 is 23.4 Å². The third-order valence-electron chi connectivity index (χ3n) is 9.42. The molecule has 206 valence electrons. The Kier molecular flexibility index (Phi) is 6.37. The molecule has 5 heterocycles. The average molecular weight is 532 g/mol. The van der Waals surface area contributed by atoms with E-state index in [9.17, 15) is 19.2 Å². The number of hydrogen-bond donors (Lipinski definition) is 1. The van der Waals surface area contributed by atoms with Crippen LogP contribution in [0.2, 0.25) is 0 Å². The Hall–Kier alpha value is -3.46. The summed E-state index contributed by atoms with van der Waals surface area (Å²) < 4.78 is 1.50. The second-order valence-electron chi connectivity index (χ2n) is 11.5. The molecule has 2 bridgehead atoms. The van der Waals surface area contributed by atoms with Gasteiger partial charge in [-0.3, -0.25) is 24.1 Å². The Balaban J connectivity index is 1.35. The van der Waals surface area contributed by atoms with E-state index in [0.29, 0.717) is 51.0 Å². The largest absolute Gasteiger partial charge is 0.356 e. The molecule has 9 nitrogen and oxygen atoms in total. The summed E-state index contributed by atoms with van der Waals surface area (Å²) >= 11 is 0. The fraction of sp³-hybridized carbons (Fsp3) is 0.533. The van der Waals surface area contributed by atoms with Gasteiger partial charge in [0.25, 0.3) is 17.4 Å². The molecule has 0 saturated carbocycles. The lowest BCUT2D eigenvalue weighted by molar-refractivity contribution is -0.138. The first-order valence-electron chi connectivity index (χ1n) is 14.2.